The Kier molecular flexibility index (Phi) is 3.74. The predicted molar refractivity (Wildman–Crippen MR) is 65.6 cm³/mol. The van der Waals surface area contributed by atoms with E-state index >= 15 is 0 Å². The fraction of sp³-hybridized carbons (Fsp3) is 0.333. The van der Waals surface area contributed by atoms with E-state index in [2.05, 4.69) is 21.9 Å². The number of carbonyl (C=O) groups excluding carboxylic acids is 1. The van der Waals surface area contributed by atoms with Gasteiger partial charge in [0.05, 0.1) is 12.2 Å². The van der Waals surface area contributed by atoms with Gasteiger partial charge in [-0.15, -0.1) is 5.10 Å². The largest absolute Gasteiger partial charge is 0.457 e. The molecular formula is C12H14N4O3. The van der Waals surface area contributed by atoms with E-state index in [-0.39, 0.29) is 12.3 Å². The van der Waals surface area contributed by atoms with Crippen LogP contribution in [-0.4, -0.2) is 32.6 Å². The Morgan fingerprint density at radius 1 is 1.58 bits per heavy atom. The lowest BCUT2D eigenvalue weighted by Crippen LogP contribution is -2.09. The van der Waals surface area contributed by atoms with Crippen molar-refractivity contribution in [2.45, 2.75) is 20.4 Å². The van der Waals surface area contributed by atoms with E-state index < -0.39 is 5.97 Å². The highest BCUT2D eigenvalue weighted by Gasteiger charge is 2.18. The summed E-state index contributed by atoms with van der Waals surface area (Å²) >= 11 is 0. The molecule has 0 saturated heterocycles. The minimum atomic E-state index is -0.513. The Morgan fingerprint density at radius 3 is 3.00 bits per heavy atom. The second-order valence-electron chi connectivity index (χ2n) is 3.92. The topological polar surface area (TPSA) is 83.0 Å². The van der Waals surface area contributed by atoms with E-state index in [1.165, 1.54) is 12.5 Å². The molecule has 0 amide bonds. The van der Waals surface area contributed by atoms with Gasteiger partial charge in [-0.25, -0.2) is 14.5 Å². The summed E-state index contributed by atoms with van der Waals surface area (Å²) in [6, 6.07) is 0. The van der Waals surface area contributed by atoms with E-state index in [1.54, 1.807) is 11.6 Å². The maximum Gasteiger partial charge on any atom is 0.361 e. The zero-order valence-corrected chi connectivity index (χ0v) is 10.8. The van der Waals surface area contributed by atoms with Crippen LogP contribution in [0.1, 0.15) is 27.6 Å². The molecule has 0 atom stereocenters. The lowest BCUT2D eigenvalue weighted by atomic mass is 10.3. The predicted octanol–water partition coefficient (Wildman–Crippen LogP) is 1.27. The lowest BCUT2D eigenvalue weighted by molar-refractivity contribution is 0.0542. The highest BCUT2D eigenvalue weighted by atomic mass is 16.5. The van der Waals surface area contributed by atoms with Gasteiger partial charge in [0, 0.05) is 0 Å². The van der Waals surface area contributed by atoms with Crippen LogP contribution in [0.3, 0.4) is 0 Å². The Bertz CT molecular complexity index is 600. The molecule has 0 N–H and O–H groups in total. The molecule has 0 bridgehead atoms. The van der Waals surface area contributed by atoms with Crippen LogP contribution in [0.4, 0.5) is 0 Å². The summed E-state index contributed by atoms with van der Waals surface area (Å²) < 4.78 is 11.6. The van der Waals surface area contributed by atoms with Gasteiger partial charge in [-0.05, 0) is 13.8 Å². The monoisotopic (exact) mass is 262 g/mol. The fourth-order valence-electron chi connectivity index (χ4n) is 1.52. The highest BCUT2D eigenvalue weighted by molar-refractivity contribution is 5.88. The van der Waals surface area contributed by atoms with Crippen molar-refractivity contribution >= 4 is 5.97 Å². The maximum absolute atomic E-state index is 11.7. The van der Waals surface area contributed by atoms with Gasteiger partial charge in [0.1, 0.15) is 18.1 Å². The van der Waals surface area contributed by atoms with Crippen molar-refractivity contribution in [2.24, 2.45) is 0 Å². The molecule has 2 rings (SSSR count). The molecule has 0 unspecified atom stereocenters. The smallest absolute Gasteiger partial charge is 0.361 e. The number of rotatable bonds is 5. The van der Waals surface area contributed by atoms with Crippen LogP contribution in [0.25, 0.3) is 0 Å². The molecule has 7 heteroatoms. The number of aryl methyl sites for hydroxylation is 1. The normalized spacial score (nSPS) is 10.4. The van der Waals surface area contributed by atoms with E-state index in [0.29, 0.717) is 18.0 Å². The van der Waals surface area contributed by atoms with Gasteiger partial charge in [-0.1, -0.05) is 17.9 Å². The number of nitrogens with zero attached hydrogens (tertiary/aromatic N) is 4. The molecule has 0 spiro atoms. The van der Waals surface area contributed by atoms with Crippen LogP contribution in [0.15, 0.2) is 23.5 Å². The van der Waals surface area contributed by atoms with Crippen LogP contribution in [0, 0.1) is 13.8 Å². The molecule has 0 aromatic carbocycles. The Labute approximate surface area is 109 Å². The van der Waals surface area contributed by atoms with Gasteiger partial charge in [0.25, 0.3) is 0 Å². The number of ether oxygens (including phenoxy) is 1. The summed E-state index contributed by atoms with van der Waals surface area (Å²) in [6.45, 7) is 7.58. The van der Waals surface area contributed by atoms with Crippen molar-refractivity contribution in [3.63, 3.8) is 0 Å². The molecule has 2 heterocycles. The van der Waals surface area contributed by atoms with E-state index in [9.17, 15) is 4.79 Å². The molecule has 0 aliphatic rings. The van der Waals surface area contributed by atoms with E-state index in [1.807, 2.05) is 6.92 Å². The number of esters is 1. The molecule has 19 heavy (non-hydrogen) atoms. The molecule has 2 aromatic heterocycles. The van der Waals surface area contributed by atoms with Crippen molar-refractivity contribution < 1.29 is 13.9 Å². The highest BCUT2D eigenvalue weighted by Crippen LogP contribution is 2.10. The average molecular weight is 262 g/mol. The molecule has 100 valence electrons. The molecule has 2 aromatic rings. The quantitative estimate of drug-likeness (QED) is 0.596. The minimum absolute atomic E-state index is 0.146. The molecule has 0 aliphatic carbocycles. The molecule has 7 nitrogen and oxygen atoms in total. The van der Waals surface area contributed by atoms with Crippen molar-refractivity contribution in [1.82, 2.24) is 20.0 Å². The van der Waals surface area contributed by atoms with Gasteiger partial charge in [0.2, 0.25) is 0 Å². The first-order valence-corrected chi connectivity index (χ1v) is 5.70. The molecule has 0 fully saturated rings. The molecule has 0 saturated carbocycles. The third-order valence-corrected chi connectivity index (χ3v) is 2.65. The fourth-order valence-corrected chi connectivity index (χ4v) is 1.52. The van der Waals surface area contributed by atoms with Crippen molar-refractivity contribution in [2.75, 3.05) is 6.61 Å². The SMILES string of the molecule is C=CCOC(=O)c1nnn(Cc2ncoc2C)c1C. The van der Waals surface area contributed by atoms with Gasteiger partial charge in [-0.3, -0.25) is 0 Å². The molecule has 0 aliphatic heterocycles. The Hall–Kier alpha value is -2.44. The first-order chi connectivity index (χ1) is 9.13. The Balaban J connectivity index is 2.16. The van der Waals surface area contributed by atoms with Crippen LogP contribution in [-0.2, 0) is 11.3 Å². The zero-order valence-electron chi connectivity index (χ0n) is 10.8. The number of hydrogen-bond donors (Lipinski definition) is 0. The Morgan fingerprint density at radius 2 is 2.37 bits per heavy atom. The van der Waals surface area contributed by atoms with Gasteiger partial charge in [-0.2, -0.15) is 0 Å². The van der Waals surface area contributed by atoms with Gasteiger partial charge < -0.3 is 9.15 Å². The van der Waals surface area contributed by atoms with Crippen molar-refractivity contribution in [3.8, 4) is 0 Å². The number of oxazole rings is 1. The number of aromatic nitrogens is 4. The minimum Gasteiger partial charge on any atom is -0.457 e. The maximum atomic E-state index is 11.7. The first kappa shape index (κ1) is 13.0. The summed E-state index contributed by atoms with van der Waals surface area (Å²) in [5, 5.41) is 7.74. The summed E-state index contributed by atoms with van der Waals surface area (Å²) in [5.74, 6) is 0.200. The average Bonchev–Trinajstić information content (AvgIpc) is 2.95. The van der Waals surface area contributed by atoms with Crippen molar-refractivity contribution in [3.05, 3.63) is 41.9 Å². The van der Waals surface area contributed by atoms with Crippen LogP contribution >= 0.6 is 0 Å². The zero-order chi connectivity index (χ0) is 13.8. The first-order valence-electron chi connectivity index (χ1n) is 5.70. The summed E-state index contributed by atoms with van der Waals surface area (Å²) in [6.07, 6.45) is 2.87. The van der Waals surface area contributed by atoms with Gasteiger partial charge >= 0.3 is 5.97 Å². The lowest BCUT2D eigenvalue weighted by Gasteiger charge is -2.02. The summed E-state index contributed by atoms with van der Waals surface area (Å²) in [7, 11) is 0. The van der Waals surface area contributed by atoms with Crippen LogP contribution in [0.2, 0.25) is 0 Å². The van der Waals surface area contributed by atoms with Crippen molar-refractivity contribution in [1.29, 1.82) is 0 Å². The second-order valence-corrected chi connectivity index (χ2v) is 3.92. The van der Waals surface area contributed by atoms with Gasteiger partial charge in [0.15, 0.2) is 12.1 Å². The van der Waals surface area contributed by atoms with Crippen LogP contribution in [0.5, 0.6) is 0 Å². The molecule has 0 radical (unpaired) electrons. The number of hydrogen-bond acceptors (Lipinski definition) is 6. The summed E-state index contributed by atoms with van der Waals surface area (Å²) in [4.78, 5) is 15.8. The molecular weight excluding hydrogens is 248 g/mol. The third kappa shape index (κ3) is 2.70. The third-order valence-electron chi connectivity index (χ3n) is 2.65. The second kappa shape index (κ2) is 5.47. The standard InChI is InChI=1S/C12H14N4O3/c1-4-5-18-12(17)11-8(2)16(15-14-11)6-10-9(3)19-7-13-10/h4,7H,1,5-6H2,2-3H3. The van der Waals surface area contributed by atoms with E-state index in [0.717, 1.165) is 5.69 Å². The summed E-state index contributed by atoms with van der Waals surface area (Å²) in [5.41, 5.74) is 1.57. The van der Waals surface area contributed by atoms with E-state index in [4.69, 9.17) is 9.15 Å². The van der Waals surface area contributed by atoms with Crippen LogP contribution < -0.4 is 0 Å². The number of carbonyl (C=O) groups is 1.